The lowest BCUT2D eigenvalue weighted by atomic mass is 10.2. The topological polar surface area (TPSA) is 80.7 Å². The quantitative estimate of drug-likeness (QED) is 0.614. The van der Waals surface area contributed by atoms with E-state index in [1.54, 1.807) is 19.2 Å². The van der Waals surface area contributed by atoms with Crippen LogP contribution in [-0.2, 0) is 16.0 Å². The first-order valence-corrected chi connectivity index (χ1v) is 6.19. The van der Waals surface area contributed by atoms with Gasteiger partial charge in [-0.3, -0.25) is 4.98 Å². The van der Waals surface area contributed by atoms with Gasteiger partial charge in [0.1, 0.15) is 0 Å². The van der Waals surface area contributed by atoms with E-state index in [1.807, 2.05) is 0 Å². The first-order valence-electron chi connectivity index (χ1n) is 6.19. The van der Waals surface area contributed by atoms with E-state index in [-0.39, 0.29) is 5.56 Å². The molecule has 0 aliphatic rings. The van der Waals surface area contributed by atoms with Crippen LogP contribution in [0.5, 0.6) is 0 Å². The number of nitrogens with one attached hydrogen (secondary N) is 1. The number of hydrogen-bond acceptors (Lipinski definition) is 5. The van der Waals surface area contributed by atoms with E-state index in [1.165, 1.54) is 6.20 Å². The van der Waals surface area contributed by atoms with Crippen LogP contribution in [-0.4, -0.2) is 49.5 Å². The standard InChI is InChI=1S/C13H20N2O4/c1-18-7-8-19-6-2-5-14-10-12-4-3-11(9-15-12)13(16)17/h3-4,9,14H,2,5-8,10H2,1H3,(H,16,17). The minimum Gasteiger partial charge on any atom is -0.478 e. The van der Waals surface area contributed by atoms with Crippen LogP contribution < -0.4 is 5.32 Å². The molecule has 0 amide bonds. The molecule has 0 radical (unpaired) electrons. The van der Waals surface area contributed by atoms with Crippen molar-refractivity contribution in [1.82, 2.24) is 10.3 Å². The van der Waals surface area contributed by atoms with E-state index in [9.17, 15) is 4.79 Å². The first-order chi connectivity index (χ1) is 9.24. The summed E-state index contributed by atoms with van der Waals surface area (Å²) in [6, 6.07) is 3.27. The second-order valence-electron chi connectivity index (χ2n) is 3.98. The average Bonchev–Trinajstić information content (AvgIpc) is 2.42. The molecule has 0 atom stereocenters. The summed E-state index contributed by atoms with van der Waals surface area (Å²) in [7, 11) is 1.65. The van der Waals surface area contributed by atoms with Gasteiger partial charge in [0, 0.05) is 26.5 Å². The number of hydrogen-bond donors (Lipinski definition) is 2. The van der Waals surface area contributed by atoms with Gasteiger partial charge in [-0.2, -0.15) is 0 Å². The van der Waals surface area contributed by atoms with Crippen LogP contribution in [0.3, 0.4) is 0 Å². The molecule has 0 spiro atoms. The summed E-state index contributed by atoms with van der Waals surface area (Å²) in [5.41, 5.74) is 1.03. The SMILES string of the molecule is COCCOCCCNCc1ccc(C(=O)O)cn1. The van der Waals surface area contributed by atoms with Gasteiger partial charge in [0.05, 0.1) is 24.5 Å². The fourth-order valence-corrected chi connectivity index (χ4v) is 1.42. The minimum atomic E-state index is -0.958. The Morgan fingerprint density at radius 2 is 2.21 bits per heavy atom. The molecule has 0 aromatic carbocycles. The maximum atomic E-state index is 10.6. The zero-order chi connectivity index (χ0) is 13.9. The van der Waals surface area contributed by atoms with Gasteiger partial charge in [-0.25, -0.2) is 4.79 Å². The number of ether oxygens (including phenoxy) is 2. The largest absolute Gasteiger partial charge is 0.478 e. The van der Waals surface area contributed by atoms with Crippen molar-refractivity contribution >= 4 is 5.97 Å². The maximum Gasteiger partial charge on any atom is 0.337 e. The number of methoxy groups -OCH3 is 1. The Hall–Kier alpha value is -1.50. The predicted octanol–water partition coefficient (Wildman–Crippen LogP) is 0.922. The third-order valence-corrected chi connectivity index (χ3v) is 2.45. The molecule has 106 valence electrons. The fourth-order valence-electron chi connectivity index (χ4n) is 1.42. The molecule has 0 saturated carbocycles. The molecule has 1 aromatic heterocycles. The zero-order valence-electron chi connectivity index (χ0n) is 11.1. The van der Waals surface area contributed by atoms with Crippen molar-refractivity contribution in [1.29, 1.82) is 0 Å². The highest BCUT2D eigenvalue weighted by molar-refractivity contribution is 5.87. The van der Waals surface area contributed by atoms with Crippen LogP contribution in [0.25, 0.3) is 0 Å². The Labute approximate surface area is 112 Å². The summed E-state index contributed by atoms with van der Waals surface area (Å²) in [4.78, 5) is 14.7. The highest BCUT2D eigenvalue weighted by Crippen LogP contribution is 2.00. The first kappa shape index (κ1) is 15.6. The zero-order valence-corrected chi connectivity index (χ0v) is 11.1. The summed E-state index contributed by atoms with van der Waals surface area (Å²) in [6.07, 6.45) is 2.28. The molecule has 6 nitrogen and oxygen atoms in total. The maximum absolute atomic E-state index is 10.6. The lowest BCUT2D eigenvalue weighted by molar-refractivity contribution is 0.0693. The van der Waals surface area contributed by atoms with E-state index >= 15 is 0 Å². The van der Waals surface area contributed by atoms with Gasteiger partial charge >= 0.3 is 5.97 Å². The second kappa shape index (κ2) is 9.43. The van der Waals surface area contributed by atoms with Crippen LogP contribution in [0, 0.1) is 0 Å². The number of carbonyl (C=O) groups is 1. The van der Waals surface area contributed by atoms with E-state index in [0.717, 1.165) is 18.7 Å². The van der Waals surface area contributed by atoms with Crippen molar-refractivity contribution in [3.8, 4) is 0 Å². The normalized spacial score (nSPS) is 10.6. The van der Waals surface area contributed by atoms with Crippen molar-refractivity contribution in [2.24, 2.45) is 0 Å². The molecular weight excluding hydrogens is 248 g/mol. The monoisotopic (exact) mass is 268 g/mol. The average molecular weight is 268 g/mol. The molecule has 1 heterocycles. The van der Waals surface area contributed by atoms with Crippen molar-refractivity contribution in [2.45, 2.75) is 13.0 Å². The number of rotatable bonds is 10. The third kappa shape index (κ3) is 6.85. The Morgan fingerprint density at radius 1 is 1.37 bits per heavy atom. The Kier molecular flexibility index (Phi) is 7.72. The summed E-state index contributed by atoms with van der Waals surface area (Å²) in [6.45, 7) is 3.39. The van der Waals surface area contributed by atoms with Gasteiger partial charge in [-0.15, -0.1) is 0 Å². The van der Waals surface area contributed by atoms with E-state index < -0.39 is 5.97 Å². The predicted molar refractivity (Wildman–Crippen MR) is 70.2 cm³/mol. The van der Waals surface area contributed by atoms with Crippen molar-refractivity contribution in [2.75, 3.05) is 33.5 Å². The van der Waals surface area contributed by atoms with Gasteiger partial charge in [-0.05, 0) is 25.1 Å². The number of nitrogens with zero attached hydrogens (tertiary/aromatic N) is 1. The van der Waals surface area contributed by atoms with Crippen LogP contribution in [0.4, 0.5) is 0 Å². The lowest BCUT2D eigenvalue weighted by Gasteiger charge is -2.05. The molecule has 1 rings (SSSR count). The van der Waals surface area contributed by atoms with E-state index in [4.69, 9.17) is 14.6 Å². The van der Waals surface area contributed by atoms with Crippen LogP contribution in [0.2, 0.25) is 0 Å². The van der Waals surface area contributed by atoms with Crippen molar-refractivity contribution in [3.05, 3.63) is 29.6 Å². The number of carboxylic acids is 1. The van der Waals surface area contributed by atoms with Gasteiger partial charge in [-0.1, -0.05) is 0 Å². The van der Waals surface area contributed by atoms with Gasteiger partial charge < -0.3 is 19.9 Å². The summed E-state index contributed by atoms with van der Waals surface area (Å²) in [5, 5.41) is 12.0. The summed E-state index contributed by atoms with van der Waals surface area (Å²) < 4.78 is 10.2. The van der Waals surface area contributed by atoms with E-state index in [2.05, 4.69) is 10.3 Å². The van der Waals surface area contributed by atoms with Crippen molar-refractivity contribution in [3.63, 3.8) is 0 Å². The summed E-state index contributed by atoms with van der Waals surface area (Å²) in [5.74, 6) is -0.958. The molecule has 2 N–H and O–H groups in total. The third-order valence-electron chi connectivity index (χ3n) is 2.45. The van der Waals surface area contributed by atoms with Gasteiger partial charge in [0.2, 0.25) is 0 Å². The highest BCUT2D eigenvalue weighted by Gasteiger charge is 2.02. The van der Waals surface area contributed by atoms with Crippen LogP contribution in [0.1, 0.15) is 22.5 Å². The Morgan fingerprint density at radius 3 is 2.84 bits per heavy atom. The Bertz CT molecular complexity index is 367. The van der Waals surface area contributed by atoms with E-state index in [0.29, 0.717) is 26.4 Å². The van der Waals surface area contributed by atoms with Crippen LogP contribution >= 0.6 is 0 Å². The van der Waals surface area contributed by atoms with Crippen LogP contribution in [0.15, 0.2) is 18.3 Å². The molecule has 0 unspecified atom stereocenters. The van der Waals surface area contributed by atoms with Crippen molar-refractivity contribution < 1.29 is 19.4 Å². The number of aromatic nitrogens is 1. The molecule has 0 aliphatic heterocycles. The fraction of sp³-hybridized carbons (Fsp3) is 0.538. The molecular formula is C13H20N2O4. The second-order valence-corrected chi connectivity index (χ2v) is 3.98. The number of aromatic carboxylic acids is 1. The number of carboxylic acid groups (broad SMARTS) is 1. The molecule has 0 aliphatic carbocycles. The summed E-state index contributed by atoms with van der Waals surface area (Å²) >= 11 is 0. The smallest absolute Gasteiger partial charge is 0.337 e. The van der Waals surface area contributed by atoms with Gasteiger partial charge in [0.15, 0.2) is 0 Å². The molecule has 0 saturated heterocycles. The number of pyridine rings is 1. The molecule has 1 aromatic rings. The van der Waals surface area contributed by atoms with Gasteiger partial charge in [0.25, 0.3) is 0 Å². The highest BCUT2D eigenvalue weighted by atomic mass is 16.5. The molecule has 0 bridgehead atoms. The Balaban J connectivity index is 2.07. The molecule has 0 fully saturated rings. The lowest BCUT2D eigenvalue weighted by Crippen LogP contribution is -2.17. The molecule has 19 heavy (non-hydrogen) atoms. The minimum absolute atomic E-state index is 0.204. The molecule has 6 heteroatoms.